The molecular weight excluding hydrogens is 278 g/mol. The molecule has 1 aromatic carbocycles. The van der Waals surface area contributed by atoms with Crippen LogP contribution in [0.2, 0.25) is 0 Å². The number of hydrogen-bond donors (Lipinski definition) is 1. The van der Waals surface area contributed by atoms with E-state index in [0.717, 1.165) is 42.8 Å². The smallest absolute Gasteiger partial charge is 0.133 e. The van der Waals surface area contributed by atoms with E-state index in [4.69, 9.17) is 4.74 Å². The second kappa shape index (κ2) is 8.31. The first kappa shape index (κ1) is 14.3. The van der Waals surface area contributed by atoms with Gasteiger partial charge >= 0.3 is 0 Å². The molecule has 0 aliphatic heterocycles. The van der Waals surface area contributed by atoms with Crippen molar-refractivity contribution in [3.63, 3.8) is 0 Å². The third-order valence-electron chi connectivity index (χ3n) is 2.38. The first-order chi connectivity index (χ1) is 8.24. The van der Waals surface area contributed by atoms with Crippen molar-refractivity contribution in [2.45, 2.75) is 19.8 Å². The maximum Gasteiger partial charge on any atom is 0.133 e. The molecule has 1 rings (SSSR count). The molecule has 1 aromatic rings. The molecule has 0 aliphatic carbocycles. The van der Waals surface area contributed by atoms with Crippen molar-refractivity contribution in [3.05, 3.63) is 40.9 Å². The van der Waals surface area contributed by atoms with Gasteiger partial charge in [-0.25, -0.2) is 0 Å². The zero-order valence-electron chi connectivity index (χ0n) is 10.3. The maximum absolute atomic E-state index is 5.70. The molecule has 0 fully saturated rings. The average Bonchev–Trinajstić information content (AvgIpc) is 2.30. The number of nitrogens with one attached hydrogen (secondary N) is 1. The lowest BCUT2D eigenvalue weighted by atomic mass is 10.2. The molecule has 0 amide bonds. The maximum atomic E-state index is 5.70. The van der Waals surface area contributed by atoms with Gasteiger partial charge in [-0.15, -0.1) is 6.58 Å². The summed E-state index contributed by atoms with van der Waals surface area (Å²) in [5, 5.41) is 3.27. The molecule has 0 heterocycles. The zero-order chi connectivity index (χ0) is 12.5. The molecule has 17 heavy (non-hydrogen) atoms. The van der Waals surface area contributed by atoms with Crippen LogP contribution in [0.25, 0.3) is 0 Å². The van der Waals surface area contributed by atoms with Crippen LogP contribution in [0.3, 0.4) is 0 Å². The minimum absolute atomic E-state index is 0.761. The van der Waals surface area contributed by atoms with Gasteiger partial charge in [0.05, 0.1) is 11.1 Å². The molecule has 0 aliphatic rings. The van der Waals surface area contributed by atoms with Gasteiger partial charge in [0, 0.05) is 6.54 Å². The summed E-state index contributed by atoms with van der Waals surface area (Å²) < 4.78 is 6.73. The van der Waals surface area contributed by atoms with E-state index in [9.17, 15) is 0 Å². The van der Waals surface area contributed by atoms with E-state index in [2.05, 4.69) is 46.9 Å². The van der Waals surface area contributed by atoms with Crippen molar-refractivity contribution in [2.75, 3.05) is 19.7 Å². The standard InChI is InChI=1S/C14H20BrNO/c1-3-8-16-9-4-5-10-17-14-7-6-12(2)11-13(14)15/h3,6-7,11,16H,1,4-5,8-10H2,2H3. The normalized spacial score (nSPS) is 10.2. The summed E-state index contributed by atoms with van der Waals surface area (Å²) in [6.45, 7) is 8.39. The molecule has 1 N–H and O–H groups in total. The molecule has 0 aromatic heterocycles. The highest BCUT2D eigenvalue weighted by Gasteiger charge is 2.00. The molecule has 0 radical (unpaired) electrons. The van der Waals surface area contributed by atoms with Gasteiger partial charge in [-0.1, -0.05) is 12.1 Å². The van der Waals surface area contributed by atoms with Crippen LogP contribution >= 0.6 is 15.9 Å². The van der Waals surface area contributed by atoms with Gasteiger partial charge in [0.25, 0.3) is 0 Å². The monoisotopic (exact) mass is 297 g/mol. The summed E-state index contributed by atoms with van der Waals surface area (Å²) in [7, 11) is 0. The van der Waals surface area contributed by atoms with Crippen molar-refractivity contribution in [1.29, 1.82) is 0 Å². The van der Waals surface area contributed by atoms with Crippen LogP contribution in [0.4, 0.5) is 0 Å². The molecule has 0 spiro atoms. The van der Waals surface area contributed by atoms with Crippen molar-refractivity contribution in [2.24, 2.45) is 0 Å². The third kappa shape index (κ3) is 5.89. The Morgan fingerprint density at radius 1 is 1.41 bits per heavy atom. The second-order valence-corrected chi connectivity index (χ2v) is 4.84. The Morgan fingerprint density at radius 3 is 2.94 bits per heavy atom. The topological polar surface area (TPSA) is 21.3 Å². The third-order valence-corrected chi connectivity index (χ3v) is 3.00. The molecule has 0 atom stereocenters. The van der Waals surface area contributed by atoms with Gasteiger partial charge in [0.2, 0.25) is 0 Å². The highest BCUT2D eigenvalue weighted by molar-refractivity contribution is 9.10. The van der Waals surface area contributed by atoms with Crippen LogP contribution < -0.4 is 10.1 Å². The zero-order valence-corrected chi connectivity index (χ0v) is 11.9. The number of unbranched alkanes of at least 4 members (excludes halogenated alkanes) is 1. The van der Waals surface area contributed by atoms with Gasteiger partial charge < -0.3 is 10.1 Å². The Hall–Kier alpha value is -0.800. The Labute approximate surface area is 112 Å². The van der Waals surface area contributed by atoms with Crippen LogP contribution in [0.1, 0.15) is 18.4 Å². The average molecular weight is 298 g/mol. The van der Waals surface area contributed by atoms with E-state index in [1.54, 1.807) is 0 Å². The van der Waals surface area contributed by atoms with Crippen molar-refractivity contribution in [3.8, 4) is 5.75 Å². The largest absolute Gasteiger partial charge is 0.492 e. The highest BCUT2D eigenvalue weighted by Crippen LogP contribution is 2.25. The predicted octanol–water partition coefficient (Wildman–Crippen LogP) is 3.69. The number of aryl methyl sites for hydroxylation is 1. The van der Waals surface area contributed by atoms with Crippen LogP contribution in [-0.4, -0.2) is 19.7 Å². The summed E-state index contributed by atoms with van der Waals surface area (Å²) in [6.07, 6.45) is 4.06. The highest BCUT2D eigenvalue weighted by atomic mass is 79.9. The van der Waals surface area contributed by atoms with Gasteiger partial charge in [-0.3, -0.25) is 0 Å². The lowest BCUT2D eigenvalue weighted by molar-refractivity contribution is 0.304. The summed E-state index contributed by atoms with van der Waals surface area (Å²) in [5.41, 5.74) is 1.23. The lowest BCUT2D eigenvalue weighted by Crippen LogP contribution is -2.15. The van der Waals surface area contributed by atoms with E-state index in [0.29, 0.717) is 0 Å². The summed E-state index contributed by atoms with van der Waals surface area (Å²) in [5.74, 6) is 0.926. The first-order valence-corrected chi connectivity index (χ1v) is 6.74. The van der Waals surface area contributed by atoms with Crippen molar-refractivity contribution in [1.82, 2.24) is 5.32 Å². The molecule has 3 heteroatoms. The number of ether oxygens (including phenoxy) is 1. The molecule has 0 saturated carbocycles. The quantitative estimate of drug-likeness (QED) is 0.584. The molecule has 0 saturated heterocycles. The van der Waals surface area contributed by atoms with Crippen LogP contribution in [-0.2, 0) is 0 Å². The predicted molar refractivity (Wildman–Crippen MR) is 76.7 cm³/mol. The fourth-order valence-corrected chi connectivity index (χ4v) is 2.07. The Morgan fingerprint density at radius 2 is 2.24 bits per heavy atom. The van der Waals surface area contributed by atoms with Crippen molar-refractivity contribution >= 4 is 15.9 Å². The summed E-state index contributed by atoms with van der Waals surface area (Å²) in [6, 6.07) is 6.14. The Bertz CT molecular complexity index is 352. The molecule has 94 valence electrons. The number of benzene rings is 1. The van der Waals surface area contributed by atoms with E-state index < -0.39 is 0 Å². The SMILES string of the molecule is C=CCNCCCCOc1ccc(C)cc1Br. The van der Waals surface area contributed by atoms with E-state index >= 15 is 0 Å². The fraction of sp³-hybridized carbons (Fsp3) is 0.429. The van der Waals surface area contributed by atoms with E-state index in [-0.39, 0.29) is 0 Å². The molecule has 2 nitrogen and oxygen atoms in total. The fourth-order valence-electron chi connectivity index (χ4n) is 1.46. The number of rotatable bonds is 8. The summed E-state index contributed by atoms with van der Waals surface area (Å²) >= 11 is 3.50. The van der Waals surface area contributed by atoms with Crippen molar-refractivity contribution < 1.29 is 4.74 Å². The van der Waals surface area contributed by atoms with Gasteiger partial charge in [0.1, 0.15) is 5.75 Å². The number of hydrogen-bond acceptors (Lipinski definition) is 2. The minimum atomic E-state index is 0.761. The summed E-state index contributed by atoms with van der Waals surface area (Å²) in [4.78, 5) is 0. The van der Waals surface area contributed by atoms with Gasteiger partial charge in [-0.2, -0.15) is 0 Å². The lowest BCUT2D eigenvalue weighted by Gasteiger charge is -2.08. The minimum Gasteiger partial charge on any atom is -0.492 e. The molecule has 0 unspecified atom stereocenters. The Balaban J connectivity index is 2.15. The van der Waals surface area contributed by atoms with E-state index in [1.807, 2.05) is 12.1 Å². The van der Waals surface area contributed by atoms with Crippen LogP contribution in [0.5, 0.6) is 5.75 Å². The second-order valence-electron chi connectivity index (χ2n) is 3.98. The first-order valence-electron chi connectivity index (χ1n) is 5.94. The van der Waals surface area contributed by atoms with Gasteiger partial charge in [0.15, 0.2) is 0 Å². The number of halogens is 1. The van der Waals surface area contributed by atoms with E-state index in [1.165, 1.54) is 5.56 Å². The molecule has 0 bridgehead atoms. The van der Waals surface area contributed by atoms with Crippen LogP contribution in [0.15, 0.2) is 35.3 Å². The van der Waals surface area contributed by atoms with Gasteiger partial charge in [-0.05, 0) is 59.9 Å². The molecular formula is C14H20BrNO. The van der Waals surface area contributed by atoms with Crippen LogP contribution in [0, 0.1) is 6.92 Å². The Kier molecular flexibility index (Phi) is 6.97.